The van der Waals surface area contributed by atoms with Crippen molar-refractivity contribution in [3.8, 4) is 5.75 Å². The first-order valence-electron chi connectivity index (χ1n) is 6.13. The van der Waals surface area contributed by atoms with Crippen molar-refractivity contribution in [3.05, 3.63) is 55.1 Å². The van der Waals surface area contributed by atoms with E-state index in [-0.39, 0.29) is 6.61 Å². The second kappa shape index (κ2) is 4.78. The number of aliphatic hydroxyl groups is 1. The number of hydrogen-bond acceptors (Lipinski definition) is 3. The Balaban J connectivity index is 2.08. The van der Waals surface area contributed by atoms with Gasteiger partial charge in [0.2, 0.25) is 0 Å². The molecule has 0 amide bonds. The van der Waals surface area contributed by atoms with Crippen LogP contribution in [-0.4, -0.2) is 17.8 Å². The highest BCUT2D eigenvalue weighted by Gasteiger charge is 2.09. The lowest BCUT2D eigenvalue weighted by Gasteiger charge is -2.12. The smallest absolute Gasteiger partial charge is 0.140 e. The van der Waals surface area contributed by atoms with Crippen molar-refractivity contribution in [1.82, 2.24) is 0 Å². The molecule has 0 aliphatic rings. The Hall–Kier alpha value is -2.26. The molecule has 1 N–H and O–H groups in total. The summed E-state index contributed by atoms with van der Waals surface area (Å²) in [6, 6.07) is 13.5. The Morgan fingerprint density at radius 2 is 1.95 bits per heavy atom. The van der Waals surface area contributed by atoms with Crippen molar-refractivity contribution in [2.75, 3.05) is 6.61 Å². The lowest BCUT2D eigenvalue weighted by molar-refractivity contribution is 0.150. The second-order valence-corrected chi connectivity index (χ2v) is 4.33. The van der Waals surface area contributed by atoms with Gasteiger partial charge in [0.25, 0.3) is 0 Å². The predicted molar refractivity (Wildman–Crippen MR) is 75.4 cm³/mol. The number of rotatable bonds is 4. The summed E-state index contributed by atoms with van der Waals surface area (Å²) in [5.74, 6) is 0.693. The summed E-state index contributed by atoms with van der Waals surface area (Å²) in [6.07, 6.45) is 1.19. The zero-order chi connectivity index (χ0) is 13.2. The molecule has 0 fully saturated rings. The monoisotopic (exact) mass is 254 g/mol. The normalized spacial score (nSPS) is 12.7. The van der Waals surface area contributed by atoms with E-state index < -0.39 is 6.10 Å². The van der Waals surface area contributed by atoms with E-state index in [1.807, 2.05) is 42.5 Å². The molecule has 1 unspecified atom stereocenters. The standard InChI is InChI=1S/C16H14O3/c1-2-11(10-17)18-12-7-8-16-14(9-12)13-5-3-4-6-15(13)19-16/h2-9,11,17H,1,10H2. The van der Waals surface area contributed by atoms with Crippen LogP contribution in [0, 0.1) is 0 Å². The molecule has 3 rings (SSSR count). The van der Waals surface area contributed by atoms with Crippen LogP contribution >= 0.6 is 0 Å². The number of furan rings is 1. The fraction of sp³-hybridized carbons (Fsp3) is 0.125. The van der Waals surface area contributed by atoms with E-state index in [1.165, 1.54) is 0 Å². The van der Waals surface area contributed by atoms with Gasteiger partial charge in [-0.25, -0.2) is 0 Å². The fourth-order valence-corrected chi connectivity index (χ4v) is 2.11. The van der Waals surface area contributed by atoms with Crippen molar-refractivity contribution in [1.29, 1.82) is 0 Å². The minimum absolute atomic E-state index is 0.0896. The maximum atomic E-state index is 9.12. The lowest BCUT2D eigenvalue weighted by Crippen LogP contribution is -2.17. The minimum Gasteiger partial charge on any atom is -0.484 e. The van der Waals surface area contributed by atoms with E-state index in [0.29, 0.717) is 5.75 Å². The van der Waals surface area contributed by atoms with Gasteiger partial charge in [-0.15, -0.1) is 0 Å². The molecule has 1 heterocycles. The van der Waals surface area contributed by atoms with Crippen LogP contribution in [0.2, 0.25) is 0 Å². The first-order valence-corrected chi connectivity index (χ1v) is 6.13. The zero-order valence-corrected chi connectivity index (χ0v) is 10.4. The number of para-hydroxylation sites is 1. The summed E-state index contributed by atoms with van der Waals surface area (Å²) in [7, 11) is 0. The molecule has 3 nitrogen and oxygen atoms in total. The molecule has 0 aliphatic carbocycles. The van der Waals surface area contributed by atoms with Crippen LogP contribution in [0.4, 0.5) is 0 Å². The van der Waals surface area contributed by atoms with Crippen LogP contribution in [0.5, 0.6) is 5.75 Å². The van der Waals surface area contributed by atoms with Gasteiger partial charge in [-0.3, -0.25) is 0 Å². The highest BCUT2D eigenvalue weighted by Crippen LogP contribution is 2.31. The summed E-state index contributed by atoms with van der Waals surface area (Å²) in [5, 5.41) is 11.2. The Labute approximate surface area is 110 Å². The largest absolute Gasteiger partial charge is 0.484 e. The van der Waals surface area contributed by atoms with Gasteiger partial charge >= 0.3 is 0 Å². The molecule has 0 aliphatic heterocycles. The zero-order valence-electron chi connectivity index (χ0n) is 10.4. The van der Waals surface area contributed by atoms with Crippen LogP contribution in [-0.2, 0) is 0 Å². The summed E-state index contributed by atoms with van der Waals surface area (Å²) in [6.45, 7) is 3.54. The Bertz CT molecular complexity index is 727. The maximum Gasteiger partial charge on any atom is 0.140 e. The number of aliphatic hydroxyl groups excluding tert-OH is 1. The molecule has 0 bridgehead atoms. The summed E-state index contributed by atoms with van der Waals surface area (Å²) in [4.78, 5) is 0. The molecular formula is C16H14O3. The molecule has 3 heteroatoms. The number of ether oxygens (including phenoxy) is 1. The van der Waals surface area contributed by atoms with Crippen molar-refractivity contribution < 1.29 is 14.3 Å². The van der Waals surface area contributed by atoms with Gasteiger partial charge in [-0.2, -0.15) is 0 Å². The SMILES string of the molecule is C=CC(CO)Oc1ccc2oc3ccccc3c2c1. The van der Waals surface area contributed by atoms with Crippen LogP contribution in [0.1, 0.15) is 0 Å². The molecule has 2 aromatic carbocycles. The third-order valence-corrected chi connectivity index (χ3v) is 3.08. The summed E-state index contributed by atoms with van der Waals surface area (Å²) < 4.78 is 11.4. The predicted octanol–water partition coefficient (Wildman–Crippen LogP) is 3.51. The molecule has 0 saturated heterocycles. The van der Waals surface area contributed by atoms with Gasteiger partial charge in [-0.05, 0) is 30.3 Å². The van der Waals surface area contributed by atoms with Crippen LogP contribution in [0.3, 0.4) is 0 Å². The molecule has 0 saturated carbocycles. The number of fused-ring (bicyclic) bond motifs is 3. The van der Waals surface area contributed by atoms with Crippen molar-refractivity contribution in [2.45, 2.75) is 6.10 Å². The van der Waals surface area contributed by atoms with Gasteiger partial charge in [-0.1, -0.05) is 24.8 Å². The van der Waals surface area contributed by atoms with Gasteiger partial charge in [0.1, 0.15) is 23.0 Å². The van der Waals surface area contributed by atoms with Crippen molar-refractivity contribution in [2.24, 2.45) is 0 Å². The number of hydrogen-bond donors (Lipinski definition) is 1. The quantitative estimate of drug-likeness (QED) is 0.724. The molecule has 19 heavy (non-hydrogen) atoms. The van der Waals surface area contributed by atoms with Gasteiger partial charge in [0, 0.05) is 10.8 Å². The third kappa shape index (κ3) is 2.09. The van der Waals surface area contributed by atoms with Gasteiger partial charge in [0.15, 0.2) is 0 Å². The lowest BCUT2D eigenvalue weighted by atomic mass is 10.1. The molecule has 1 aromatic heterocycles. The van der Waals surface area contributed by atoms with Crippen LogP contribution in [0.25, 0.3) is 21.9 Å². The topological polar surface area (TPSA) is 42.6 Å². The van der Waals surface area contributed by atoms with E-state index in [4.69, 9.17) is 14.3 Å². The Morgan fingerprint density at radius 1 is 1.16 bits per heavy atom. The van der Waals surface area contributed by atoms with E-state index >= 15 is 0 Å². The molecule has 96 valence electrons. The average molecular weight is 254 g/mol. The van der Waals surface area contributed by atoms with Crippen molar-refractivity contribution >= 4 is 21.9 Å². The van der Waals surface area contributed by atoms with E-state index in [2.05, 4.69) is 6.58 Å². The summed E-state index contributed by atoms with van der Waals surface area (Å²) in [5.41, 5.74) is 1.68. The molecule has 0 spiro atoms. The second-order valence-electron chi connectivity index (χ2n) is 4.33. The molecule has 0 radical (unpaired) electrons. The van der Waals surface area contributed by atoms with Crippen LogP contribution < -0.4 is 4.74 Å². The van der Waals surface area contributed by atoms with Gasteiger partial charge < -0.3 is 14.3 Å². The Kier molecular flexibility index (Phi) is 2.97. The van der Waals surface area contributed by atoms with Crippen molar-refractivity contribution in [3.63, 3.8) is 0 Å². The molecule has 3 aromatic rings. The Morgan fingerprint density at radius 3 is 2.74 bits per heavy atom. The van der Waals surface area contributed by atoms with E-state index in [0.717, 1.165) is 21.9 Å². The first kappa shape index (κ1) is 11.8. The first-order chi connectivity index (χ1) is 9.31. The van der Waals surface area contributed by atoms with E-state index in [1.54, 1.807) is 6.08 Å². The highest BCUT2D eigenvalue weighted by molar-refractivity contribution is 6.05. The molecule has 1 atom stereocenters. The fourth-order valence-electron chi connectivity index (χ4n) is 2.11. The molecular weight excluding hydrogens is 240 g/mol. The average Bonchev–Trinajstić information content (AvgIpc) is 2.82. The highest BCUT2D eigenvalue weighted by atomic mass is 16.5. The minimum atomic E-state index is -0.393. The number of benzene rings is 2. The van der Waals surface area contributed by atoms with E-state index in [9.17, 15) is 0 Å². The third-order valence-electron chi connectivity index (χ3n) is 3.08. The maximum absolute atomic E-state index is 9.12. The van der Waals surface area contributed by atoms with Gasteiger partial charge in [0.05, 0.1) is 6.61 Å². The summed E-state index contributed by atoms with van der Waals surface area (Å²) >= 11 is 0. The van der Waals surface area contributed by atoms with Crippen LogP contribution in [0.15, 0.2) is 59.5 Å².